The van der Waals surface area contributed by atoms with E-state index in [2.05, 4.69) is 42.3 Å². The number of hydrogen-bond donors (Lipinski definition) is 1. The lowest BCUT2D eigenvalue weighted by Gasteiger charge is -2.30. The summed E-state index contributed by atoms with van der Waals surface area (Å²) in [6.45, 7) is 0. The lowest BCUT2D eigenvalue weighted by molar-refractivity contribution is 0.356. The molecule has 1 aliphatic rings. The number of ether oxygens (including phenoxy) is 1. The normalized spacial score (nSPS) is 18.9. The largest absolute Gasteiger partial charge is 0.497 e. The van der Waals surface area contributed by atoms with Gasteiger partial charge in [-0.25, -0.2) is 0 Å². The Morgan fingerprint density at radius 3 is 2.76 bits per heavy atom. The first-order chi connectivity index (χ1) is 8.35. The van der Waals surface area contributed by atoms with E-state index < -0.39 is 0 Å². The fraction of sp³-hybridized carbons (Fsp3) is 0.571. The Morgan fingerprint density at radius 2 is 2.12 bits per heavy atom. The van der Waals surface area contributed by atoms with Gasteiger partial charge in [0.15, 0.2) is 0 Å². The predicted octanol–water partition coefficient (Wildman–Crippen LogP) is 3.10. The van der Waals surface area contributed by atoms with Crippen molar-refractivity contribution in [2.24, 2.45) is 5.92 Å². The third-order valence-electron chi connectivity index (χ3n) is 3.50. The van der Waals surface area contributed by atoms with E-state index in [0.717, 1.165) is 11.7 Å². The van der Waals surface area contributed by atoms with Crippen molar-refractivity contribution in [1.82, 2.24) is 5.32 Å². The molecule has 3 heteroatoms. The summed E-state index contributed by atoms with van der Waals surface area (Å²) in [4.78, 5) is 0. The molecule has 94 valence electrons. The van der Waals surface area contributed by atoms with E-state index >= 15 is 0 Å². The second-order valence-electron chi connectivity index (χ2n) is 4.49. The first kappa shape index (κ1) is 12.8. The monoisotopic (exact) mass is 251 g/mol. The summed E-state index contributed by atoms with van der Waals surface area (Å²) in [5.41, 5.74) is 1.35. The van der Waals surface area contributed by atoms with E-state index in [1.54, 1.807) is 7.11 Å². The first-order valence-electron chi connectivity index (χ1n) is 6.24. The van der Waals surface area contributed by atoms with E-state index in [1.807, 2.05) is 6.07 Å². The SMILES string of the molecule is CNC(c1cccc(OC)c1)C1CCSCC1. The van der Waals surface area contributed by atoms with Crippen LogP contribution in [0.4, 0.5) is 0 Å². The third kappa shape index (κ3) is 3.17. The van der Waals surface area contributed by atoms with Gasteiger partial charge in [-0.15, -0.1) is 0 Å². The van der Waals surface area contributed by atoms with Crippen LogP contribution >= 0.6 is 11.8 Å². The summed E-state index contributed by atoms with van der Waals surface area (Å²) in [6.07, 6.45) is 2.63. The maximum absolute atomic E-state index is 5.30. The van der Waals surface area contributed by atoms with Gasteiger partial charge in [0.2, 0.25) is 0 Å². The molecular weight excluding hydrogens is 230 g/mol. The highest BCUT2D eigenvalue weighted by Gasteiger charge is 2.24. The van der Waals surface area contributed by atoms with Crippen molar-refractivity contribution in [2.45, 2.75) is 18.9 Å². The molecule has 0 radical (unpaired) electrons. The minimum Gasteiger partial charge on any atom is -0.497 e. The number of hydrogen-bond acceptors (Lipinski definition) is 3. The van der Waals surface area contributed by atoms with E-state index in [4.69, 9.17) is 4.74 Å². The molecule has 2 nitrogen and oxygen atoms in total. The summed E-state index contributed by atoms with van der Waals surface area (Å²) in [5, 5.41) is 3.47. The Labute approximate surface area is 108 Å². The molecule has 1 heterocycles. The first-order valence-corrected chi connectivity index (χ1v) is 7.39. The van der Waals surface area contributed by atoms with E-state index in [9.17, 15) is 0 Å². The second-order valence-corrected chi connectivity index (χ2v) is 5.72. The molecule has 1 saturated heterocycles. The lowest BCUT2D eigenvalue weighted by Crippen LogP contribution is -2.28. The van der Waals surface area contributed by atoms with Gasteiger partial charge in [0, 0.05) is 6.04 Å². The fourth-order valence-electron chi connectivity index (χ4n) is 2.56. The van der Waals surface area contributed by atoms with Gasteiger partial charge >= 0.3 is 0 Å². The van der Waals surface area contributed by atoms with Gasteiger partial charge in [-0.3, -0.25) is 0 Å². The molecule has 2 rings (SSSR count). The number of thioether (sulfide) groups is 1. The Balaban J connectivity index is 2.15. The zero-order chi connectivity index (χ0) is 12.1. The average Bonchev–Trinajstić information content (AvgIpc) is 2.41. The van der Waals surface area contributed by atoms with Crippen molar-refractivity contribution in [3.05, 3.63) is 29.8 Å². The topological polar surface area (TPSA) is 21.3 Å². The van der Waals surface area contributed by atoms with Crippen LogP contribution in [0.3, 0.4) is 0 Å². The Hall–Kier alpha value is -0.670. The van der Waals surface area contributed by atoms with E-state index in [1.165, 1.54) is 29.9 Å². The molecule has 0 bridgehead atoms. The molecule has 1 atom stereocenters. The maximum atomic E-state index is 5.30. The number of rotatable bonds is 4. The molecule has 0 amide bonds. The predicted molar refractivity (Wildman–Crippen MR) is 74.8 cm³/mol. The highest BCUT2D eigenvalue weighted by molar-refractivity contribution is 7.99. The molecule has 0 aromatic heterocycles. The summed E-state index contributed by atoms with van der Waals surface area (Å²) in [5.74, 6) is 4.31. The molecule has 17 heavy (non-hydrogen) atoms. The Kier molecular flexibility index (Phi) is 4.75. The molecular formula is C14H21NOS. The summed E-state index contributed by atoms with van der Waals surface area (Å²) >= 11 is 2.08. The van der Waals surface area contributed by atoms with Gasteiger partial charge < -0.3 is 10.1 Å². The Bertz CT molecular complexity index is 350. The van der Waals surface area contributed by atoms with Crippen LogP contribution in [-0.4, -0.2) is 25.7 Å². The van der Waals surface area contributed by atoms with Crippen LogP contribution in [0.1, 0.15) is 24.4 Å². The quantitative estimate of drug-likeness (QED) is 0.888. The third-order valence-corrected chi connectivity index (χ3v) is 4.55. The molecule has 0 spiro atoms. The molecule has 1 aromatic rings. The molecule has 1 aliphatic heterocycles. The standard InChI is InChI=1S/C14H21NOS/c1-15-14(11-6-8-17-9-7-11)12-4-3-5-13(10-12)16-2/h3-5,10-11,14-15H,6-9H2,1-2H3. The van der Waals surface area contributed by atoms with Crippen molar-refractivity contribution in [1.29, 1.82) is 0 Å². The molecule has 1 unspecified atom stereocenters. The van der Waals surface area contributed by atoms with Crippen molar-refractivity contribution >= 4 is 11.8 Å². The highest BCUT2D eigenvalue weighted by atomic mass is 32.2. The zero-order valence-electron chi connectivity index (χ0n) is 10.6. The molecule has 0 saturated carbocycles. The van der Waals surface area contributed by atoms with Gasteiger partial charge in [0.25, 0.3) is 0 Å². The van der Waals surface area contributed by atoms with Crippen molar-refractivity contribution in [3.8, 4) is 5.75 Å². The summed E-state index contributed by atoms with van der Waals surface area (Å²) < 4.78 is 5.30. The summed E-state index contributed by atoms with van der Waals surface area (Å²) in [7, 11) is 3.79. The van der Waals surface area contributed by atoms with Crippen LogP contribution in [0.2, 0.25) is 0 Å². The van der Waals surface area contributed by atoms with Gasteiger partial charge in [0.1, 0.15) is 5.75 Å². The van der Waals surface area contributed by atoms with E-state index in [0.29, 0.717) is 6.04 Å². The Morgan fingerprint density at radius 1 is 1.35 bits per heavy atom. The molecule has 0 aliphatic carbocycles. The number of benzene rings is 1. The minimum absolute atomic E-state index is 0.464. The number of nitrogens with one attached hydrogen (secondary N) is 1. The molecule has 1 fully saturated rings. The van der Waals surface area contributed by atoms with Gasteiger partial charge in [-0.05, 0) is 55.0 Å². The highest BCUT2D eigenvalue weighted by Crippen LogP contribution is 2.34. The van der Waals surface area contributed by atoms with Gasteiger partial charge in [-0.2, -0.15) is 11.8 Å². The van der Waals surface area contributed by atoms with Crippen LogP contribution in [0, 0.1) is 5.92 Å². The van der Waals surface area contributed by atoms with E-state index in [-0.39, 0.29) is 0 Å². The second kappa shape index (κ2) is 6.31. The maximum Gasteiger partial charge on any atom is 0.119 e. The zero-order valence-corrected chi connectivity index (χ0v) is 11.4. The van der Waals surface area contributed by atoms with Crippen LogP contribution in [0.25, 0.3) is 0 Å². The van der Waals surface area contributed by atoms with Crippen LogP contribution in [-0.2, 0) is 0 Å². The molecule has 1 aromatic carbocycles. The van der Waals surface area contributed by atoms with Gasteiger partial charge in [0.05, 0.1) is 7.11 Å². The average molecular weight is 251 g/mol. The minimum atomic E-state index is 0.464. The van der Waals surface area contributed by atoms with Crippen molar-refractivity contribution in [3.63, 3.8) is 0 Å². The van der Waals surface area contributed by atoms with Crippen LogP contribution < -0.4 is 10.1 Å². The molecule has 1 N–H and O–H groups in total. The van der Waals surface area contributed by atoms with Gasteiger partial charge in [-0.1, -0.05) is 12.1 Å². The van der Waals surface area contributed by atoms with Crippen LogP contribution in [0.15, 0.2) is 24.3 Å². The summed E-state index contributed by atoms with van der Waals surface area (Å²) in [6, 6.07) is 8.91. The van der Waals surface area contributed by atoms with Crippen molar-refractivity contribution in [2.75, 3.05) is 25.7 Å². The lowest BCUT2D eigenvalue weighted by atomic mass is 9.88. The van der Waals surface area contributed by atoms with Crippen molar-refractivity contribution < 1.29 is 4.74 Å². The van der Waals surface area contributed by atoms with Crippen LogP contribution in [0.5, 0.6) is 5.75 Å². The smallest absolute Gasteiger partial charge is 0.119 e. The number of methoxy groups -OCH3 is 1. The fourth-order valence-corrected chi connectivity index (χ4v) is 3.70.